The summed E-state index contributed by atoms with van der Waals surface area (Å²) >= 11 is 6.10. The summed E-state index contributed by atoms with van der Waals surface area (Å²) in [6, 6.07) is 12.2. The number of benzene rings is 1. The van der Waals surface area contributed by atoms with Crippen molar-refractivity contribution in [1.82, 2.24) is 19.9 Å². The molecule has 1 saturated heterocycles. The predicted molar refractivity (Wildman–Crippen MR) is 122 cm³/mol. The summed E-state index contributed by atoms with van der Waals surface area (Å²) in [5, 5.41) is 10.1. The smallest absolute Gasteiger partial charge is 0.139 e. The summed E-state index contributed by atoms with van der Waals surface area (Å²) in [4.78, 5) is 17.3. The third-order valence-electron chi connectivity index (χ3n) is 6.06. The van der Waals surface area contributed by atoms with Gasteiger partial charge in [-0.15, -0.1) is 0 Å². The van der Waals surface area contributed by atoms with E-state index in [1.54, 1.807) is 0 Å². The average molecular weight is 426 g/mol. The van der Waals surface area contributed by atoms with Crippen LogP contribution in [0.15, 0.2) is 48.8 Å². The Morgan fingerprint density at radius 3 is 2.50 bits per heavy atom. The Balaban J connectivity index is 1.41. The van der Waals surface area contributed by atoms with Crippen molar-refractivity contribution in [2.75, 3.05) is 37.7 Å². The molecule has 158 valence electrons. The number of H-pyrrole nitrogens is 1. The first-order valence-electron chi connectivity index (χ1n) is 10.4. The Bertz CT molecular complexity index is 966. The quantitative estimate of drug-likeness (QED) is 0.626. The lowest BCUT2D eigenvalue weighted by molar-refractivity contribution is 0.111. The van der Waals surface area contributed by atoms with E-state index in [0.29, 0.717) is 17.0 Å². The fraction of sp³-hybridized carbons (Fsp3) is 0.391. The molecule has 1 fully saturated rings. The number of hydrogen-bond donors (Lipinski definition) is 2. The molecule has 0 bridgehead atoms. The molecule has 2 unspecified atom stereocenters. The van der Waals surface area contributed by atoms with Crippen molar-refractivity contribution >= 4 is 17.4 Å². The predicted octanol–water partition coefficient (Wildman–Crippen LogP) is 3.93. The van der Waals surface area contributed by atoms with Gasteiger partial charge in [0.25, 0.3) is 0 Å². The molecule has 0 saturated carbocycles. The summed E-state index contributed by atoms with van der Waals surface area (Å²) in [6.45, 7) is 8.37. The van der Waals surface area contributed by atoms with Crippen molar-refractivity contribution < 1.29 is 5.11 Å². The molecule has 3 aromatic rings. The Kier molecular flexibility index (Phi) is 6.37. The molecule has 2 aromatic heterocycles. The molecule has 1 aliphatic rings. The number of aliphatic hydroxyl groups excluding tert-OH is 1. The maximum Gasteiger partial charge on any atom is 0.139 e. The lowest BCUT2D eigenvalue weighted by Gasteiger charge is -2.40. The second-order valence-electron chi connectivity index (χ2n) is 7.98. The van der Waals surface area contributed by atoms with Crippen LogP contribution in [0.25, 0.3) is 22.6 Å². The molecule has 0 amide bonds. The molecule has 0 aliphatic carbocycles. The first-order valence-corrected chi connectivity index (χ1v) is 10.8. The summed E-state index contributed by atoms with van der Waals surface area (Å²) in [7, 11) is 0. The zero-order valence-electron chi connectivity index (χ0n) is 17.4. The van der Waals surface area contributed by atoms with Crippen LogP contribution in [0.1, 0.15) is 13.8 Å². The van der Waals surface area contributed by atoms with Crippen molar-refractivity contribution in [2.24, 2.45) is 5.92 Å². The summed E-state index contributed by atoms with van der Waals surface area (Å²) in [5.41, 5.74) is 2.89. The van der Waals surface area contributed by atoms with Gasteiger partial charge < -0.3 is 15.0 Å². The highest BCUT2D eigenvalue weighted by molar-refractivity contribution is 6.30. The van der Waals surface area contributed by atoms with Crippen molar-refractivity contribution in [2.45, 2.75) is 19.9 Å². The maximum absolute atomic E-state index is 9.40. The Morgan fingerprint density at radius 2 is 1.83 bits per heavy atom. The van der Waals surface area contributed by atoms with Gasteiger partial charge in [-0.3, -0.25) is 4.90 Å². The van der Waals surface area contributed by atoms with E-state index in [1.807, 2.05) is 36.7 Å². The molecule has 3 heterocycles. The summed E-state index contributed by atoms with van der Waals surface area (Å²) in [6.07, 6.45) is 3.70. The van der Waals surface area contributed by atoms with Crippen LogP contribution in [0.5, 0.6) is 0 Å². The molecule has 1 aromatic carbocycles. The second kappa shape index (κ2) is 9.16. The number of anilines is 1. The highest BCUT2D eigenvalue weighted by atomic mass is 35.5. The zero-order chi connectivity index (χ0) is 21.1. The minimum atomic E-state index is 0.232. The first kappa shape index (κ1) is 20.8. The number of aromatic nitrogens is 3. The summed E-state index contributed by atoms with van der Waals surface area (Å²) in [5.74, 6) is 2.07. The van der Waals surface area contributed by atoms with Crippen LogP contribution in [-0.2, 0) is 0 Å². The van der Waals surface area contributed by atoms with Crippen LogP contribution in [0.3, 0.4) is 0 Å². The monoisotopic (exact) mass is 425 g/mol. The fourth-order valence-corrected chi connectivity index (χ4v) is 4.04. The van der Waals surface area contributed by atoms with E-state index in [9.17, 15) is 5.11 Å². The van der Waals surface area contributed by atoms with Gasteiger partial charge in [-0.2, -0.15) is 0 Å². The fourth-order valence-electron chi connectivity index (χ4n) is 3.85. The Hall–Kier alpha value is -2.41. The largest absolute Gasteiger partial charge is 0.396 e. The first-order chi connectivity index (χ1) is 14.5. The number of aliphatic hydroxyl groups is 1. The van der Waals surface area contributed by atoms with E-state index in [1.165, 1.54) is 0 Å². The molecule has 4 rings (SSSR count). The van der Waals surface area contributed by atoms with Gasteiger partial charge in [0.15, 0.2) is 0 Å². The van der Waals surface area contributed by atoms with Gasteiger partial charge in [-0.05, 0) is 37.1 Å². The Labute approximate surface area is 182 Å². The van der Waals surface area contributed by atoms with Gasteiger partial charge in [-0.25, -0.2) is 9.97 Å². The van der Waals surface area contributed by atoms with E-state index in [4.69, 9.17) is 11.6 Å². The average Bonchev–Trinajstić information content (AvgIpc) is 3.29. The lowest BCUT2D eigenvalue weighted by Crippen LogP contribution is -2.51. The number of rotatable bonds is 6. The third-order valence-corrected chi connectivity index (χ3v) is 6.29. The molecule has 7 heteroatoms. The van der Waals surface area contributed by atoms with Crippen molar-refractivity contribution in [1.29, 1.82) is 0 Å². The molecule has 0 spiro atoms. The number of halogens is 1. The standard InChI is InChI=1S/C23H28ClN5O/c1-16(15-30)17(2)28-8-10-29(11-9-28)22-7-6-19(13-25-22)23-26-14-21(27-23)18-4-3-5-20(24)12-18/h3-7,12-14,16-17,30H,8-11,15H2,1-2H3,(H,26,27). The van der Waals surface area contributed by atoms with E-state index < -0.39 is 0 Å². The van der Waals surface area contributed by atoms with Crippen LogP contribution in [-0.4, -0.2) is 63.8 Å². The van der Waals surface area contributed by atoms with Gasteiger partial charge in [0.2, 0.25) is 0 Å². The number of piperazine rings is 1. The lowest BCUT2D eigenvalue weighted by atomic mass is 10.0. The van der Waals surface area contributed by atoms with Crippen LogP contribution >= 0.6 is 11.6 Å². The van der Waals surface area contributed by atoms with Crippen molar-refractivity contribution in [3.8, 4) is 22.6 Å². The number of aromatic amines is 1. The van der Waals surface area contributed by atoms with Gasteiger partial charge in [0.1, 0.15) is 11.6 Å². The number of imidazole rings is 1. The molecule has 0 radical (unpaired) electrons. The Morgan fingerprint density at radius 1 is 1.03 bits per heavy atom. The number of pyridine rings is 1. The van der Waals surface area contributed by atoms with Crippen molar-refractivity contribution in [3.05, 3.63) is 53.8 Å². The number of hydrogen-bond acceptors (Lipinski definition) is 5. The SMILES string of the molecule is CC(CO)C(C)N1CCN(c2ccc(-c3ncc(-c4cccc(Cl)c4)[nH]3)cn2)CC1. The third kappa shape index (κ3) is 4.51. The van der Waals surface area contributed by atoms with Gasteiger partial charge in [0, 0.05) is 61.2 Å². The van der Waals surface area contributed by atoms with E-state index in [-0.39, 0.29) is 6.61 Å². The van der Waals surface area contributed by atoms with E-state index >= 15 is 0 Å². The minimum absolute atomic E-state index is 0.232. The van der Waals surface area contributed by atoms with Crippen LogP contribution in [0, 0.1) is 5.92 Å². The highest BCUT2D eigenvalue weighted by Crippen LogP contribution is 2.25. The molecule has 6 nitrogen and oxygen atoms in total. The van der Waals surface area contributed by atoms with Crippen LogP contribution < -0.4 is 4.90 Å². The van der Waals surface area contributed by atoms with Gasteiger partial charge >= 0.3 is 0 Å². The minimum Gasteiger partial charge on any atom is -0.396 e. The highest BCUT2D eigenvalue weighted by Gasteiger charge is 2.24. The second-order valence-corrected chi connectivity index (χ2v) is 8.42. The molecule has 2 N–H and O–H groups in total. The molecular weight excluding hydrogens is 398 g/mol. The van der Waals surface area contributed by atoms with Gasteiger partial charge in [0.05, 0.1) is 11.9 Å². The molecule has 2 atom stereocenters. The van der Waals surface area contributed by atoms with Crippen molar-refractivity contribution in [3.63, 3.8) is 0 Å². The molecule has 1 aliphatic heterocycles. The van der Waals surface area contributed by atoms with Gasteiger partial charge in [-0.1, -0.05) is 30.7 Å². The zero-order valence-corrected chi connectivity index (χ0v) is 18.2. The summed E-state index contributed by atoms with van der Waals surface area (Å²) < 4.78 is 0. The normalized spacial score (nSPS) is 17.1. The van der Waals surface area contributed by atoms with E-state index in [0.717, 1.165) is 54.6 Å². The number of nitrogens with zero attached hydrogens (tertiary/aromatic N) is 4. The maximum atomic E-state index is 9.40. The number of nitrogens with one attached hydrogen (secondary N) is 1. The molecular formula is C23H28ClN5O. The van der Waals surface area contributed by atoms with E-state index in [2.05, 4.69) is 50.7 Å². The van der Waals surface area contributed by atoms with Crippen LogP contribution in [0.2, 0.25) is 5.02 Å². The topological polar surface area (TPSA) is 68.3 Å². The molecule has 30 heavy (non-hydrogen) atoms. The van der Waals surface area contributed by atoms with Crippen LogP contribution in [0.4, 0.5) is 5.82 Å².